The Kier molecular flexibility index (Phi) is 5.57. The summed E-state index contributed by atoms with van der Waals surface area (Å²) < 4.78 is 5.36. The Hall–Kier alpha value is -3.16. The van der Waals surface area contributed by atoms with Crippen LogP contribution < -0.4 is 10.8 Å². The van der Waals surface area contributed by atoms with E-state index in [2.05, 4.69) is 19.9 Å². The van der Waals surface area contributed by atoms with Crippen LogP contribution in [0.15, 0.2) is 43.0 Å². The van der Waals surface area contributed by atoms with Crippen molar-refractivity contribution in [2.24, 2.45) is 5.73 Å². The Labute approximate surface area is 169 Å². The molecular weight excluding hydrogens is 396 g/mol. The van der Waals surface area contributed by atoms with E-state index in [1.807, 2.05) is 30.3 Å². The van der Waals surface area contributed by atoms with Gasteiger partial charge in [0.25, 0.3) is 0 Å². The number of aliphatic hydroxyl groups excluding tert-OH is 3. The number of imidazole rings is 1. The summed E-state index contributed by atoms with van der Waals surface area (Å²) in [6, 6.07) is 9.24. The Morgan fingerprint density at radius 2 is 1.90 bits per heavy atom. The molecule has 0 bridgehead atoms. The van der Waals surface area contributed by atoms with Crippen molar-refractivity contribution in [1.29, 1.82) is 0 Å². The zero-order valence-electron chi connectivity index (χ0n) is 15.6. The van der Waals surface area contributed by atoms with Crippen LogP contribution in [0.1, 0.15) is 5.56 Å². The number of amides is 1. The molecule has 1 saturated heterocycles. The maximum absolute atomic E-state index is 11.6. The summed E-state index contributed by atoms with van der Waals surface area (Å²) in [5.74, 6) is -0.719. The summed E-state index contributed by atoms with van der Waals surface area (Å²) in [4.78, 5) is 32.7. The van der Waals surface area contributed by atoms with Crippen molar-refractivity contribution in [2.75, 3.05) is 5.06 Å². The number of nitrogens with one attached hydrogen (secondary N) is 1. The van der Waals surface area contributed by atoms with Gasteiger partial charge in [-0.1, -0.05) is 30.3 Å². The number of nitrogens with two attached hydrogens (primary N) is 1. The molecule has 158 valence electrons. The standard InChI is InChI=1S/C18H20N6O6/c19-15(28)14-12(26)11(25)13(27)18(29-14)30-24(6-9-4-2-1-3-5-9)17-10-16(21-7-20-10)22-8-23-17/h1-5,7-8,11-14,18,25-27H,6H2,(H2,19,28)(H,20,21,22,23)/t11-,12-,13+,14-,18-/m0/s1. The number of benzene rings is 1. The number of carbonyl (C=O) groups excluding carboxylic acids is 1. The SMILES string of the molecule is NC(=O)[C@H]1O[C@@H](ON(Cc2ccccc2)c2ncnc3nc[nH]c23)[C@H](O)[C@@H](O)[C@@H]1O. The number of rotatable bonds is 6. The monoisotopic (exact) mass is 416 g/mol. The quantitative estimate of drug-likeness (QED) is 0.299. The van der Waals surface area contributed by atoms with Gasteiger partial charge in [-0.15, -0.1) is 0 Å². The van der Waals surface area contributed by atoms with Crippen LogP contribution in [-0.4, -0.2) is 71.9 Å². The first-order valence-electron chi connectivity index (χ1n) is 9.07. The molecule has 1 aliphatic rings. The fourth-order valence-corrected chi connectivity index (χ4v) is 3.15. The van der Waals surface area contributed by atoms with Crippen LogP contribution in [0.5, 0.6) is 0 Å². The van der Waals surface area contributed by atoms with Crippen molar-refractivity contribution in [3.63, 3.8) is 0 Å². The molecule has 3 aromatic rings. The highest BCUT2D eigenvalue weighted by atomic mass is 16.8. The highest BCUT2D eigenvalue weighted by Gasteiger charge is 2.47. The Balaban J connectivity index is 1.67. The number of carbonyl (C=O) groups is 1. The molecule has 4 rings (SSSR count). The van der Waals surface area contributed by atoms with Crippen LogP contribution in [-0.2, 0) is 20.9 Å². The van der Waals surface area contributed by atoms with Gasteiger partial charge < -0.3 is 30.8 Å². The van der Waals surface area contributed by atoms with Gasteiger partial charge in [-0.05, 0) is 5.56 Å². The van der Waals surface area contributed by atoms with Crippen molar-refractivity contribution in [3.05, 3.63) is 48.5 Å². The number of primary amides is 1. The van der Waals surface area contributed by atoms with Gasteiger partial charge in [0.2, 0.25) is 12.2 Å². The van der Waals surface area contributed by atoms with Gasteiger partial charge in [0.15, 0.2) is 17.6 Å². The first-order valence-corrected chi connectivity index (χ1v) is 9.07. The second-order valence-corrected chi connectivity index (χ2v) is 6.73. The van der Waals surface area contributed by atoms with Crippen molar-refractivity contribution < 1.29 is 29.7 Å². The third kappa shape index (κ3) is 3.81. The molecule has 1 aromatic carbocycles. The molecule has 1 aliphatic heterocycles. The number of aliphatic hydroxyl groups is 3. The average Bonchev–Trinajstić information content (AvgIpc) is 3.23. The van der Waals surface area contributed by atoms with E-state index in [-0.39, 0.29) is 12.4 Å². The number of fused-ring (bicyclic) bond motifs is 1. The number of anilines is 1. The lowest BCUT2D eigenvalue weighted by Crippen LogP contribution is -2.62. The van der Waals surface area contributed by atoms with Crippen molar-refractivity contribution in [2.45, 2.75) is 37.3 Å². The minimum absolute atomic E-state index is 0.165. The molecule has 12 nitrogen and oxygen atoms in total. The smallest absolute Gasteiger partial charge is 0.249 e. The summed E-state index contributed by atoms with van der Waals surface area (Å²) in [5.41, 5.74) is 6.92. The number of hydrogen-bond donors (Lipinski definition) is 5. The maximum atomic E-state index is 11.6. The van der Waals surface area contributed by atoms with E-state index in [1.54, 1.807) is 0 Å². The molecule has 0 spiro atoms. The van der Waals surface area contributed by atoms with Gasteiger partial charge in [-0.2, -0.15) is 0 Å². The van der Waals surface area contributed by atoms with Crippen molar-refractivity contribution in [1.82, 2.24) is 19.9 Å². The lowest BCUT2D eigenvalue weighted by atomic mass is 9.99. The molecular formula is C18H20N6O6. The summed E-state index contributed by atoms with van der Waals surface area (Å²) in [6.07, 6.45) is -5.41. The van der Waals surface area contributed by atoms with Crippen LogP contribution in [0.4, 0.5) is 5.82 Å². The molecule has 12 heteroatoms. The van der Waals surface area contributed by atoms with E-state index in [9.17, 15) is 20.1 Å². The summed E-state index contributed by atoms with van der Waals surface area (Å²) in [6.45, 7) is 0.165. The summed E-state index contributed by atoms with van der Waals surface area (Å²) >= 11 is 0. The lowest BCUT2D eigenvalue weighted by Gasteiger charge is -2.40. The van der Waals surface area contributed by atoms with E-state index < -0.39 is 36.6 Å². The molecule has 0 aliphatic carbocycles. The highest BCUT2D eigenvalue weighted by molar-refractivity contribution is 5.82. The fraction of sp³-hybridized carbons (Fsp3) is 0.333. The minimum Gasteiger partial charge on any atom is -0.387 e. The van der Waals surface area contributed by atoms with Crippen LogP contribution in [0.2, 0.25) is 0 Å². The Bertz CT molecular complexity index is 1020. The zero-order chi connectivity index (χ0) is 21.3. The van der Waals surface area contributed by atoms with Crippen molar-refractivity contribution in [3.8, 4) is 0 Å². The second kappa shape index (κ2) is 8.30. The first kappa shape index (κ1) is 20.1. The maximum Gasteiger partial charge on any atom is 0.249 e. The number of aromatic amines is 1. The number of ether oxygens (including phenoxy) is 1. The molecule has 3 heterocycles. The van der Waals surface area contributed by atoms with E-state index in [1.165, 1.54) is 17.7 Å². The zero-order valence-corrected chi connectivity index (χ0v) is 15.6. The average molecular weight is 416 g/mol. The van der Waals surface area contributed by atoms with Gasteiger partial charge >= 0.3 is 0 Å². The van der Waals surface area contributed by atoms with Crippen LogP contribution in [0.25, 0.3) is 11.2 Å². The number of nitrogens with zero attached hydrogens (tertiary/aromatic N) is 4. The molecule has 6 N–H and O–H groups in total. The molecule has 0 unspecified atom stereocenters. The third-order valence-electron chi connectivity index (χ3n) is 4.69. The van der Waals surface area contributed by atoms with Crippen LogP contribution >= 0.6 is 0 Å². The Morgan fingerprint density at radius 3 is 2.63 bits per heavy atom. The molecule has 2 aromatic heterocycles. The fourth-order valence-electron chi connectivity index (χ4n) is 3.15. The normalized spacial score (nSPS) is 26.6. The number of H-pyrrole nitrogens is 1. The van der Waals surface area contributed by atoms with E-state index >= 15 is 0 Å². The third-order valence-corrected chi connectivity index (χ3v) is 4.69. The highest BCUT2D eigenvalue weighted by Crippen LogP contribution is 2.27. The molecule has 5 atom stereocenters. The van der Waals surface area contributed by atoms with E-state index in [0.717, 1.165) is 5.56 Å². The van der Waals surface area contributed by atoms with Gasteiger partial charge in [-0.25, -0.2) is 24.9 Å². The van der Waals surface area contributed by atoms with Crippen LogP contribution in [0, 0.1) is 0 Å². The van der Waals surface area contributed by atoms with E-state index in [0.29, 0.717) is 11.2 Å². The molecule has 1 amide bonds. The summed E-state index contributed by atoms with van der Waals surface area (Å²) in [5, 5.41) is 31.7. The molecule has 0 saturated carbocycles. The van der Waals surface area contributed by atoms with Gasteiger partial charge in [0.05, 0.1) is 12.9 Å². The minimum atomic E-state index is -1.71. The number of hydrogen-bond acceptors (Lipinski definition) is 10. The molecule has 0 radical (unpaired) electrons. The van der Waals surface area contributed by atoms with Gasteiger partial charge in [0.1, 0.15) is 30.2 Å². The number of hydroxylamine groups is 1. The largest absolute Gasteiger partial charge is 0.387 e. The lowest BCUT2D eigenvalue weighted by molar-refractivity contribution is -0.294. The van der Waals surface area contributed by atoms with Crippen LogP contribution in [0.3, 0.4) is 0 Å². The predicted octanol–water partition coefficient (Wildman–Crippen LogP) is -1.42. The topological polar surface area (TPSA) is 180 Å². The van der Waals surface area contributed by atoms with E-state index in [4.69, 9.17) is 15.3 Å². The second-order valence-electron chi connectivity index (χ2n) is 6.73. The Morgan fingerprint density at radius 1 is 1.13 bits per heavy atom. The number of aromatic nitrogens is 4. The summed E-state index contributed by atoms with van der Waals surface area (Å²) in [7, 11) is 0. The van der Waals surface area contributed by atoms with Crippen molar-refractivity contribution >= 4 is 22.9 Å². The van der Waals surface area contributed by atoms with Gasteiger partial charge in [0, 0.05) is 0 Å². The van der Waals surface area contributed by atoms with Gasteiger partial charge in [-0.3, -0.25) is 4.79 Å². The molecule has 1 fully saturated rings. The molecule has 30 heavy (non-hydrogen) atoms. The first-order chi connectivity index (χ1) is 14.5. The predicted molar refractivity (Wildman–Crippen MR) is 101 cm³/mol.